The fraction of sp³-hybridized carbons (Fsp3) is 0.538. The SMILES string of the molecule is CCOC(=O)c1[nH]c(C)c(C(=O)NC2CC2)c1C. The van der Waals surface area contributed by atoms with Gasteiger partial charge in [-0.3, -0.25) is 4.79 Å². The van der Waals surface area contributed by atoms with E-state index >= 15 is 0 Å². The third kappa shape index (κ3) is 2.39. The first kappa shape index (κ1) is 12.7. The molecule has 5 nitrogen and oxygen atoms in total. The Kier molecular flexibility index (Phi) is 3.41. The van der Waals surface area contributed by atoms with E-state index in [2.05, 4.69) is 10.3 Å². The standard InChI is InChI=1S/C13H18N2O3/c1-4-18-13(17)11-7(2)10(8(3)14-11)12(16)15-9-5-6-9/h9,14H,4-6H2,1-3H3,(H,15,16). The number of hydrogen-bond acceptors (Lipinski definition) is 3. The lowest BCUT2D eigenvalue weighted by Gasteiger charge is -2.04. The fourth-order valence-electron chi connectivity index (χ4n) is 1.98. The van der Waals surface area contributed by atoms with Crippen LogP contribution in [0.1, 0.15) is 51.9 Å². The summed E-state index contributed by atoms with van der Waals surface area (Å²) in [4.78, 5) is 26.7. The van der Waals surface area contributed by atoms with Crippen LogP contribution in [0.4, 0.5) is 0 Å². The maximum absolute atomic E-state index is 12.0. The minimum atomic E-state index is -0.413. The molecule has 1 aliphatic rings. The molecule has 0 spiro atoms. The zero-order chi connectivity index (χ0) is 13.3. The number of rotatable bonds is 4. The molecule has 1 aliphatic carbocycles. The molecule has 0 saturated heterocycles. The molecule has 0 atom stereocenters. The van der Waals surface area contributed by atoms with Gasteiger partial charge in [-0.2, -0.15) is 0 Å². The van der Waals surface area contributed by atoms with E-state index in [4.69, 9.17) is 4.74 Å². The highest BCUT2D eigenvalue weighted by atomic mass is 16.5. The van der Waals surface area contributed by atoms with Crippen LogP contribution in [-0.4, -0.2) is 29.5 Å². The smallest absolute Gasteiger partial charge is 0.355 e. The van der Waals surface area contributed by atoms with Crippen LogP contribution in [0.25, 0.3) is 0 Å². The molecule has 5 heteroatoms. The molecular formula is C13H18N2O3. The number of carbonyl (C=O) groups is 2. The molecule has 2 rings (SSSR count). The topological polar surface area (TPSA) is 71.2 Å². The molecule has 1 amide bonds. The van der Waals surface area contributed by atoms with Crippen molar-refractivity contribution in [2.24, 2.45) is 0 Å². The van der Waals surface area contributed by atoms with Gasteiger partial charge in [-0.05, 0) is 39.2 Å². The van der Waals surface area contributed by atoms with Crippen molar-refractivity contribution in [2.75, 3.05) is 6.61 Å². The molecule has 0 unspecified atom stereocenters. The fourth-order valence-corrected chi connectivity index (χ4v) is 1.98. The van der Waals surface area contributed by atoms with Gasteiger partial charge in [-0.25, -0.2) is 4.79 Å². The van der Waals surface area contributed by atoms with Crippen molar-refractivity contribution < 1.29 is 14.3 Å². The number of amides is 1. The highest BCUT2D eigenvalue weighted by Crippen LogP contribution is 2.22. The molecule has 1 saturated carbocycles. The molecule has 2 N–H and O–H groups in total. The molecule has 0 aliphatic heterocycles. The van der Waals surface area contributed by atoms with Crippen molar-refractivity contribution in [2.45, 2.75) is 39.7 Å². The summed E-state index contributed by atoms with van der Waals surface area (Å²) in [5.41, 5.74) is 2.29. The predicted molar refractivity (Wildman–Crippen MR) is 66.7 cm³/mol. The molecular weight excluding hydrogens is 232 g/mol. The molecule has 0 bridgehead atoms. The van der Waals surface area contributed by atoms with E-state index < -0.39 is 5.97 Å². The van der Waals surface area contributed by atoms with Gasteiger partial charge in [0.05, 0.1) is 12.2 Å². The summed E-state index contributed by atoms with van der Waals surface area (Å²) in [6.45, 7) is 5.62. The van der Waals surface area contributed by atoms with Crippen LogP contribution < -0.4 is 5.32 Å². The van der Waals surface area contributed by atoms with Crippen molar-refractivity contribution in [1.29, 1.82) is 0 Å². The van der Waals surface area contributed by atoms with Crippen LogP contribution in [0, 0.1) is 13.8 Å². The second-order valence-corrected chi connectivity index (χ2v) is 4.59. The van der Waals surface area contributed by atoms with Crippen molar-refractivity contribution in [3.8, 4) is 0 Å². The monoisotopic (exact) mass is 250 g/mol. The number of H-pyrrole nitrogens is 1. The Morgan fingerprint density at radius 2 is 2.06 bits per heavy atom. The second kappa shape index (κ2) is 4.84. The Balaban J connectivity index is 2.24. The molecule has 1 aromatic rings. The zero-order valence-corrected chi connectivity index (χ0v) is 10.9. The van der Waals surface area contributed by atoms with Crippen molar-refractivity contribution in [3.63, 3.8) is 0 Å². The van der Waals surface area contributed by atoms with Crippen molar-refractivity contribution in [3.05, 3.63) is 22.5 Å². The summed E-state index contributed by atoms with van der Waals surface area (Å²) >= 11 is 0. The van der Waals surface area contributed by atoms with E-state index in [-0.39, 0.29) is 5.91 Å². The minimum absolute atomic E-state index is 0.112. The largest absolute Gasteiger partial charge is 0.461 e. The van der Waals surface area contributed by atoms with E-state index in [1.807, 2.05) is 0 Å². The number of aromatic nitrogens is 1. The number of esters is 1. The Hall–Kier alpha value is -1.78. The van der Waals surface area contributed by atoms with Gasteiger partial charge in [-0.1, -0.05) is 0 Å². The lowest BCUT2D eigenvalue weighted by molar-refractivity contribution is 0.0519. The highest BCUT2D eigenvalue weighted by Gasteiger charge is 2.28. The lowest BCUT2D eigenvalue weighted by atomic mass is 10.1. The van der Waals surface area contributed by atoms with E-state index in [9.17, 15) is 9.59 Å². The van der Waals surface area contributed by atoms with Crippen LogP contribution >= 0.6 is 0 Å². The Morgan fingerprint density at radius 1 is 1.39 bits per heavy atom. The molecule has 98 valence electrons. The molecule has 0 radical (unpaired) electrons. The van der Waals surface area contributed by atoms with Gasteiger partial charge in [0.15, 0.2) is 0 Å². The molecule has 0 aromatic carbocycles. The van der Waals surface area contributed by atoms with Gasteiger partial charge in [-0.15, -0.1) is 0 Å². The van der Waals surface area contributed by atoms with E-state index in [1.165, 1.54) is 0 Å². The van der Waals surface area contributed by atoms with Crippen LogP contribution in [0.3, 0.4) is 0 Å². The average molecular weight is 250 g/mol. The van der Waals surface area contributed by atoms with Gasteiger partial charge in [0.1, 0.15) is 5.69 Å². The van der Waals surface area contributed by atoms with E-state index in [1.54, 1.807) is 20.8 Å². The first-order valence-corrected chi connectivity index (χ1v) is 6.21. The average Bonchev–Trinajstić information content (AvgIpc) is 3.04. The number of aromatic amines is 1. The van der Waals surface area contributed by atoms with Crippen LogP contribution in [0.15, 0.2) is 0 Å². The summed E-state index contributed by atoms with van der Waals surface area (Å²) in [7, 11) is 0. The number of carbonyl (C=O) groups excluding carboxylic acids is 2. The zero-order valence-electron chi connectivity index (χ0n) is 10.9. The van der Waals surface area contributed by atoms with Gasteiger partial charge in [0.2, 0.25) is 0 Å². The first-order valence-electron chi connectivity index (χ1n) is 6.21. The number of hydrogen-bond donors (Lipinski definition) is 2. The minimum Gasteiger partial charge on any atom is -0.461 e. The quantitative estimate of drug-likeness (QED) is 0.799. The molecule has 1 fully saturated rings. The predicted octanol–water partition coefficient (Wildman–Crippen LogP) is 1.70. The third-order valence-electron chi connectivity index (χ3n) is 3.06. The lowest BCUT2D eigenvalue weighted by Crippen LogP contribution is -2.26. The maximum atomic E-state index is 12.0. The van der Waals surface area contributed by atoms with E-state index in [0.717, 1.165) is 12.8 Å². The summed E-state index contributed by atoms with van der Waals surface area (Å²) in [5.74, 6) is -0.525. The summed E-state index contributed by atoms with van der Waals surface area (Å²) < 4.78 is 4.95. The summed E-state index contributed by atoms with van der Waals surface area (Å²) in [6.07, 6.45) is 2.08. The number of nitrogens with one attached hydrogen (secondary N) is 2. The molecule has 1 aromatic heterocycles. The Bertz CT molecular complexity index is 487. The van der Waals surface area contributed by atoms with Crippen molar-refractivity contribution >= 4 is 11.9 Å². The summed E-state index contributed by atoms with van der Waals surface area (Å²) in [6, 6.07) is 0.303. The number of aryl methyl sites for hydroxylation is 1. The van der Waals surface area contributed by atoms with Crippen molar-refractivity contribution in [1.82, 2.24) is 10.3 Å². The van der Waals surface area contributed by atoms with Gasteiger partial charge < -0.3 is 15.0 Å². The summed E-state index contributed by atoms with van der Waals surface area (Å²) in [5, 5.41) is 2.93. The molecule has 1 heterocycles. The van der Waals surface area contributed by atoms with Crippen LogP contribution in [-0.2, 0) is 4.74 Å². The Labute approximate surface area is 106 Å². The van der Waals surface area contributed by atoms with Gasteiger partial charge in [0.25, 0.3) is 5.91 Å². The normalized spacial score (nSPS) is 14.4. The maximum Gasteiger partial charge on any atom is 0.355 e. The van der Waals surface area contributed by atoms with Gasteiger partial charge in [0, 0.05) is 11.7 Å². The van der Waals surface area contributed by atoms with E-state index in [0.29, 0.717) is 35.2 Å². The third-order valence-corrected chi connectivity index (χ3v) is 3.06. The van der Waals surface area contributed by atoms with Gasteiger partial charge >= 0.3 is 5.97 Å². The van der Waals surface area contributed by atoms with Crippen LogP contribution in [0.2, 0.25) is 0 Å². The molecule has 18 heavy (non-hydrogen) atoms. The second-order valence-electron chi connectivity index (χ2n) is 4.59. The highest BCUT2D eigenvalue weighted by molar-refractivity contribution is 6.01. The number of ether oxygens (including phenoxy) is 1. The first-order chi connectivity index (χ1) is 8.54. The Morgan fingerprint density at radius 3 is 2.61 bits per heavy atom. The van der Waals surface area contributed by atoms with Crippen LogP contribution in [0.5, 0.6) is 0 Å².